The van der Waals surface area contributed by atoms with Gasteiger partial charge in [-0.2, -0.15) is 0 Å². The summed E-state index contributed by atoms with van der Waals surface area (Å²) in [4.78, 5) is 12.2. The Labute approximate surface area is 133 Å². The molecule has 2 N–H and O–H groups in total. The van der Waals surface area contributed by atoms with Gasteiger partial charge < -0.3 is 10.4 Å². The van der Waals surface area contributed by atoms with Gasteiger partial charge in [0.2, 0.25) is 0 Å². The summed E-state index contributed by atoms with van der Waals surface area (Å²) in [6, 6.07) is 10.6. The highest BCUT2D eigenvalue weighted by Gasteiger charge is 2.12. The molecule has 2 aromatic carbocycles. The molecule has 3 nitrogen and oxygen atoms in total. The minimum Gasteiger partial charge on any atom is -0.506 e. The van der Waals surface area contributed by atoms with Gasteiger partial charge in [0.15, 0.2) is 0 Å². The maximum atomic E-state index is 12.2. The molecule has 5 heteroatoms. The van der Waals surface area contributed by atoms with Gasteiger partial charge in [-0.25, -0.2) is 0 Å². The van der Waals surface area contributed by atoms with E-state index in [1.54, 1.807) is 18.2 Å². The number of aromatic hydroxyl groups is 1. The van der Waals surface area contributed by atoms with Crippen LogP contribution in [0.3, 0.4) is 0 Å². The second-order valence-electron chi connectivity index (χ2n) is 4.10. The predicted octanol–water partition coefficient (Wildman–Crippen LogP) is 4.32. The summed E-state index contributed by atoms with van der Waals surface area (Å²) in [7, 11) is 0. The maximum absolute atomic E-state index is 12.2. The van der Waals surface area contributed by atoms with Crippen molar-refractivity contribution in [3.05, 3.63) is 55.6 Å². The molecule has 0 bridgehead atoms. The summed E-state index contributed by atoms with van der Waals surface area (Å²) in [5.74, 6) is -0.178. The molecule has 0 aliphatic heterocycles. The van der Waals surface area contributed by atoms with Crippen molar-refractivity contribution in [1.82, 2.24) is 0 Å². The van der Waals surface area contributed by atoms with Gasteiger partial charge in [-0.3, -0.25) is 4.79 Å². The van der Waals surface area contributed by atoms with E-state index in [-0.39, 0.29) is 11.7 Å². The number of halogens is 2. The van der Waals surface area contributed by atoms with Crippen molar-refractivity contribution >= 4 is 50.1 Å². The predicted molar refractivity (Wildman–Crippen MR) is 87.7 cm³/mol. The molecule has 19 heavy (non-hydrogen) atoms. The molecule has 0 unspecified atom stereocenters. The van der Waals surface area contributed by atoms with Crippen molar-refractivity contribution in [3.63, 3.8) is 0 Å². The van der Waals surface area contributed by atoms with Crippen LogP contribution >= 0.6 is 38.5 Å². The van der Waals surface area contributed by atoms with Gasteiger partial charge in [0.1, 0.15) is 5.75 Å². The lowest BCUT2D eigenvalue weighted by atomic mass is 10.2. The molecule has 0 aliphatic carbocycles. The average Bonchev–Trinajstić information content (AvgIpc) is 2.35. The normalized spacial score (nSPS) is 10.3. The molecule has 0 saturated heterocycles. The molecule has 0 radical (unpaired) electrons. The number of nitrogens with one attached hydrogen (secondary N) is 1. The van der Waals surface area contributed by atoms with E-state index in [4.69, 9.17) is 0 Å². The van der Waals surface area contributed by atoms with E-state index in [1.165, 1.54) is 0 Å². The SMILES string of the molecule is Cc1ccc(NC(=O)c2cc(Br)ccc2I)c(O)c1. The second kappa shape index (κ2) is 5.92. The third-order valence-electron chi connectivity index (χ3n) is 2.57. The Kier molecular flexibility index (Phi) is 4.46. The van der Waals surface area contributed by atoms with Gasteiger partial charge in [0.05, 0.1) is 11.3 Å². The first-order valence-corrected chi connectivity index (χ1v) is 7.40. The highest BCUT2D eigenvalue weighted by Crippen LogP contribution is 2.25. The van der Waals surface area contributed by atoms with Crippen molar-refractivity contribution in [2.24, 2.45) is 0 Å². The summed E-state index contributed by atoms with van der Waals surface area (Å²) in [6.07, 6.45) is 0. The minimum absolute atomic E-state index is 0.0679. The van der Waals surface area contributed by atoms with Gasteiger partial charge in [0, 0.05) is 8.04 Å². The lowest BCUT2D eigenvalue weighted by Gasteiger charge is -2.09. The van der Waals surface area contributed by atoms with E-state index in [9.17, 15) is 9.90 Å². The average molecular weight is 432 g/mol. The molecule has 1 amide bonds. The fraction of sp³-hybridized carbons (Fsp3) is 0.0714. The summed E-state index contributed by atoms with van der Waals surface area (Å²) in [5, 5.41) is 12.5. The first kappa shape index (κ1) is 14.3. The van der Waals surface area contributed by atoms with Crippen LogP contribution < -0.4 is 5.32 Å². The van der Waals surface area contributed by atoms with Gasteiger partial charge in [-0.15, -0.1) is 0 Å². The molecule has 0 aromatic heterocycles. The van der Waals surface area contributed by atoms with Crippen LogP contribution in [0.1, 0.15) is 15.9 Å². The minimum atomic E-state index is -0.246. The molecule has 0 spiro atoms. The third-order valence-corrected chi connectivity index (χ3v) is 4.01. The van der Waals surface area contributed by atoms with E-state index in [0.29, 0.717) is 11.3 Å². The molecule has 0 heterocycles. The lowest BCUT2D eigenvalue weighted by molar-refractivity contribution is 0.102. The lowest BCUT2D eigenvalue weighted by Crippen LogP contribution is -2.13. The van der Waals surface area contributed by atoms with E-state index < -0.39 is 0 Å². The fourth-order valence-electron chi connectivity index (χ4n) is 1.61. The number of carbonyl (C=O) groups is 1. The molecular weight excluding hydrogens is 421 g/mol. The highest BCUT2D eigenvalue weighted by atomic mass is 127. The molecule has 0 fully saturated rings. The van der Waals surface area contributed by atoms with Crippen LogP contribution in [0.4, 0.5) is 5.69 Å². The first-order valence-electron chi connectivity index (χ1n) is 5.53. The second-order valence-corrected chi connectivity index (χ2v) is 6.18. The maximum Gasteiger partial charge on any atom is 0.256 e. The van der Waals surface area contributed by atoms with Gasteiger partial charge >= 0.3 is 0 Å². The molecular formula is C14H11BrINO2. The summed E-state index contributed by atoms with van der Waals surface area (Å²) >= 11 is 5.45. The highest BCUT2D eigenvalue weighted by molar-refractivity contribution is 14.1. The number of carbonyl (C=O) groups excluding carboxylic acids is 1. The number of hydrogen-bond acceptors (Lipinski definition) is 2. The van der Waals surface area contributed by atoms with Gasteiger partial charge in [0.25, 0.3) is 5.91 Å². The number of rotatable bonds is 2. The van der Waals surface area contributed by atoms with E-state index in [2.05, 4.69) is 43.8 Å². The molecule has 98 valence electrons. The van der Waals surface area contributed by atoms with E-state index in [0.717, 1.165) is 13.6 Å². The van der Waals surface area contributed by atoms with Crippen LogP contribution in [-0.2, 0) is 0 Å². The number of anilines is 1. The summed E-state index contributed by atoms with van der Waals surface area (Å²) in [6.45, 7) is 1.88. The van der Waals surface area contributed by atoms with Crippen LogP contribution in [-0.4, -0.2) is 11.0 Å². The Morgan fingerprint density at radius 3 is 2.68 bits per heavy atom. The molecule has 2 aromatic rings. The zero-order chi connectivity index (χ0) is 14.0. The summed E-state index contributed by atoms with van der Waals surface area (Å²) < 4.78 is 1.69. The van der Waals surface area contributed by atoms with E-state index in [1.807, 2.05) is 25.1 Å². The third kappa shape index (κ3) is 3.48. The number of aryl methyl sites for hydroxylation is 1. The Morgan fingerprint density at radius 2 is 2.00 bits per heavy atom. The van der Waals surface area contributed by atoms with Crippen molar-refractivity contribution < 1.29 is 9.90 Å². The molecule has 0 atom stereocenters. The number of benzene rings is 2. The van der Waals surface area contributed by atoms with Crippen LogP contribution in [0.15, 0.2) is 40.9 Å². The number of phenols is 1. The quantitative estimate of drug-likeness (QED) is 0.549. The number of hydrogen-bond donors (Lipinski definition) is 2. The van der Waals surface area contributed by atoms with Crippen molar-refractivity contribution in [1.29, 1.82) is 0 Å². The van der Waals surface area contributed by atoms with Crippen molar-refractivity contribution in [2.75, 3.05) is 5.32 Å². The largest absolute Gasteiger partial charge is 0.506 e. The zero-order valence-corrected chi connectivity index (χ0v) is 13.8. The van der Waals surface area contributed by atoms with Gasteiger partial charge in [-0.1, -0.05) is 22.0 Å². The van der Waals surface area contributed by atoms with Crippen LogP contribution in [0.2, 0.25) is 0 Å². The zero-order valence-electron chi connectivity index (χ0n) is 10.1. The number of amides is 1. The fourth-order valence-corrected chi connectivity index (χ4v) is 2.55. The van der Waals surface area contributed by atoms with Crippen LogP contribution in [0.5, 0.6) is 5.75 Å². The first-order chi connectivity index (χ1) is 8.97. The Hall–Kier alpha value is -1.08. The monoisotopic (exact) mass is 431 g/mol. The van der Waals surface area contributed by atoms with E-state index >= 15 is 0 Å². The van der Waals surface area contributed by atoms with Crippen LogP contribution in [0, 0.1) is 10.5 Å². The number of phenolic OH excluding ortho intramolecular Hbond substituents is 1. The molecule has 0 saturated carbocycles. The van der Waals surface area contributed by atoms with Crippen LogP contribution in [0.25, 0.3) is 0 Å². The Bertz CT molecular complexity index is 643. The topological polar surface area (TPSA) is 49.3 Å². The Morgan fingerprint density at radius 1 is 1.26 bits per heavy atom. The summed E-state index contributed by atoms with van der Waals surface area (Å²) in [5.41, 5.74) is 1.91. The molecule has 0 aliphatic rings. The van der Waals surface area contributed by atoms with Gasteiger partial charge in [-0.05, 0) is 65.4 Å². The van der Waals surface area contributed by atoms with Crippen molar-refractivity contribution in [3.8, 4) is 5.75 Å². The Balaban J connectivity index is 2.28. The van der Waals surface area contributed by atoms with Crippen molar-refractivity contribution in [2.45, 2.75) is 6.92 Å². The smallest absolute Gasteiger partial charge is 0.256 e. The standard InChI is InChI=1S/C14H11BrINO2/c1-8-2-5-12(13(18)6-8)17-14(19)10-7-9(15)3-4-11(10)16/h2-7,18H,1H3,(H,17,19). The molecule has 2 rings (SSSR count).